The summed E-state index contributed by atoms with van der Waals surface area (Å²) in [5, 5.41) is 0. The van der Waals surface area contributed by atoms with Gasteiger partial charge in [-0.1, -0.05) is 18.2 Å². The molecule has 3 aromatic rings. The van der Waals surface area contributed by atoms with E-state index >= 15 is 0 Å². The summed E-state index contributed by atoms with van der Waals surface area (Å²) in [6, 6.07) is 12.8. The van der Waals surface area contributed by atoms with Crippen molar-refractivity contribution in [3.63, 3.8) is 0 Å². The molecule has 0 amide bonds. The number of aryl methyl sites for hydroxylation is 2. The van der Waals surface area contributed by atoms with Crippen molar-refractivity contribution in [2.24, 2.45) is 0 Å². The fourth-order valence-electron chi connectivity index (χ4n) is 2.65. The van der Waals surface area contributed by atoms with Crippen LogP contribution < -0.4 is 9.44 Å². The SMILES string of the molecule is Cc1cccc(NS(=O)(=O)c2ccc(C)c(NS(=O)(=O)c3ccc(F)c(F)c3)c2)c1. The second-order valence-electron chi connectivity index (χ2n) is 6.63. The molecule has 158 valence electrons. The van der Waals surface area contributed by atoms with E-state index in [9.17, 15) is 25.6 Å². The lowest BCUT2D eigenvalue weighted by molar-refractivity contribution is 0.504. The van der Waals surface area contributed by atoms with Gasteiger partial charge in [0.1, 0.15) is 0 Å². The minimum Gasteiger partial charge on any atom is -0.280 e. The van der Waals surface area contributed by atoms with Gasteiger partial charge in [0.25, 0.3) is 20.0 Å². The average molecular weight is 453 g/mol. The maximum absolute atomic E-state index is 13.4. The summed E-state index contributed by atoms with van der Waals surface area (Å²) in [6.07, 6.45) is 0. The Morgan fingerprint density at radius 3 is 2.00 bits per heavy atom. The Morgan fingerprint density at radius 2 is 1.33 bits per heavy atom. The average Bonchev–Trinajstić information content (AvgIpc) is 2.65. The lowest BCUT2D eigenvalue weighted by Gasteiger charge is -2.14. The van der Waals surface area contributed by atoms with E-state index in [4.69, 9.17) is 0 Å². The first-order chi connectivity index (χ1) is 14.0. The minimum absolute atomic E-state index is 0.00755. The molecule has 6 nitrogen and oxygen atoms in total. The lowest BCUT2D eigenvalue weighted by Crippen LogP contribution is -2.16. The van der Waals surface area contributed by atoms with Crippen LogP contribution in [-0.4, -0.2) is 16.8 Å². The van der Waals surface area contributed by atoms with E-state index in [1.807, 2.05) is 13.0 Å². The summed E-state index contributed by atoms with van der Waals surface area (Å²) in [6.45, 7) is 3.39. The molecular formula is C20H18F2N2O4S2. The normalized spacial score (nSPS) is 11.9. The highest BCUT2D eigenvalue weighted by molar-refractivity contribution is 7.93. The van der Waals surface area contributed by atoms with Crippen LogP contribution in [0.5, 0.6) is 0 Å². The molecule has 0 bridgehead atoms. The predicted molar refractivity (Wildman–Crippen MR) is 110 cm³/mol. The number of rotatable bonds is 6. The van der Waals surface area contributed by atoms with Gasteiger partial charge < -0.3 is 0 Å². The molecule has 0 spiro atoms. The third kappa shape index (κ3) is 4.77. The molecule has 0 saturated carbocycles. The summed E-state index contributed by atoms with van der Waals surface area (Å²) >= 11 is 0. The first kappa shape index (κ1) is 21.7. The van der Waals surface area contributed by atoms with E-state index in [2.05, 4.69) is 9.44 Å². The van der Waals surface area contributed by atoms with Crippen LogP contribution in [0.15, 0.2) is 70.5 Å². The zero-order valence-corrected chi connectivity index (χ0v) is 17.6. The van der Waals surface area contributed by atoms with Gasteiger partial charge in [-0.25, -0.2) is 25.6 Å². The van der Waals surface area contributed by atoms with Crippen LogP contribution in [-0.2, 0) is 20.0 Å². The van der Waals surface area contributed by atoms with Crippen molar-refractivity contribution in [2.45, 2.75) is 23.6 Å². The second-order valence-corrected chi connectivity index (χ2v) is 10.00. The van der Waals surface area contributed by atoms with Gasteiger partial charge in [-0.15, -0.1) is 0 Å². The highest BCUT2D eigenvalue weighted by Gasteiger charge is 2.20. The van der Waals surface area contributed by atoms with E-state index in [1.54, 1.807) is 25.1 Å². The number of benzene rings is 3. The van der Waals surface area contributed by atoms with E-state index in [0.717, 1.165) is 17.7 Å². The summed E-state index contributed by atoms with van der Waals surface area (Å²) in [7, 11) is -8.27. The van der Waals surface area contributed by atoms with E-state index < -0.39 is 36.6 Å². The van der Waals surface area contributed by atoms with Crippen molar-refractivity contribution in [1.82, 2.24) is 0 Å². The lowest BCUT2D eigenvalue weighted by atomic mass is 10.2. The van der Waals surface area contributed by atoms with E-state index in [1.165, 1.54) is 12.1 Å². The van der Waals surface area contributed by atoms with Crippen LogP contribution in [0.25, 0.3) is 0 Å². The fourth-order valence-corrected chi connectivity index (χ4v) is 4.86. The summed E-state index contributed by atoms with van der Waals surface area (Å²) < 4.78 is 81.7. The van der Waals surface area contributed by atoms with Gasteiger partial charge in [0.05, 0.1) is 15.5 Å². The van der Waals surface area contributed by atoms with Crippen molar-refractivity contribution in [1.29, 1.82) is 0 Å². The van der Waals surface area contributed by atoms with Crippen LogP contribution in [0.3, 0.4) is 0 Å². The van der Waals surface area contributed by atoms with Gasteiger partial charge in [0.15, 0.2) is 11.6 Å². The van der Waals surface area contributed by atoms with Gasteiger partial charge >= 0.3 is 0 Å². The van der Waals surface area contributed by atoms with Gasteiger partial charge in [-0.3, -0.25) is 9.44 Å². The van der Waals surface area contributed by atoms with Gasteiger partial charge in [-0.2, -0.15) is 0 Å². The molecule has 0 aromatic heterocycles. The topological polar surface area (TPSA) is 92.3 Å². The quantitative estimate of drug-likeness (QED) is 0.587. The summed E-state index contributed by atoms with van der Waals surface area (Å²) in [5.74, 6) is -2.49. The van der Waals surface area contributed by atoms with Crippen LogP contribution in [0.4, 0.5) is 20.2 Å². The molecule has 3 aromatic carbocycles. The first-order valence-corrected chi connectivity index (χ1v) is 11.6. The van der Waals surface area contributed by atoms with Crippen LogP contribution in [0, 0.1) is 25.5 Å². The number of hydrogen-bond donors (Lipinski definition) is 2. The van der Waals surface area contributed by atoms with Crippen molar-refractivity contribution >= 4 is 31.4 Å². The molecule has 0 aliphatic heterocycles. The Balaban J connectivity index is 1.94. The van der Waals surface area contributed by atoms with Crippen LogP contribution >= 0.6 is 0 Å². The van der Waals surface area contributed by atoms with Crippen molar-refractivity contribution < 1.29 is 25.6 Å². The highest BCUT2D eigenvalue weighted by atomic mass is 32.2. The smallest absolute Gasteiger partial charge is 0.262 e. The van der Waals surface area contributed by atoms with Crippen molar-refractivity contribution in [2.75, 3.05) is 9.44 Å². The van der Waals surface area contributed by atoms with E-state index in [0.29, 0.717) is 23.4 Å². The first-order valence-electron chi connectivity index (χ1n) is 8.66. The molecule has 0 aliphatic carbocycles. The molecule has 0 atom stereocenters. The number of halogens is 2. The summed E-state index contributed by atoms with van der Waals surface area (Å²) in [5.41, 5.74) is 1.65. The number of nitrogens with one attached hydrogen (secondary N) is 2. The fraction of sp³-hybridized carbons (Fsp3) is 0.100. The Morgan fingerprint density at radius 1 is 0.700 bits per heavy atom. The van der Waals surface area contributed by atoms with E-state index in [-0.39, 0.29) is 10.6 Å². The molecule has 3 rings (SSSR count). The maximum atomic E-state index is 13.4. The number of sulfonamides is 2. The molecule has 30 heavy (non-hydrogen) atoms. The Labute approximate surface area is 173 Å². The molecular weight excluding hydrogens is 434 g/mol. The molecule has 0 unspecified atom stereocenters. The standard InChI is InChI=1S/C20H18F2N2O4S2/c1-13-4-3-5-15(10-13)23-29(25,26)17-7-6-14(2)20(12-17)24-30(27,28)16-8-9-18(21)19(22)11-16/h3-12,23-24H,1-2H3. The second kappa shape index (κ2) is 8.04. The zero-order chi connectivity index (χ0) is 22.1. The molecule has 0 heterocycles. The molecule has 0 aliphatic rings. The predicted octanol–water partition coefficient (Wildman–Crippen LogP) is 4.18. The molecule has 0 radical (unpaired) electrons. The molecule has 0 saturated heterocycles. The molecule has 2 N–H and O–H groups in total. The monoisotopic (exact) mass is 452 g/mol. The highest BCUT2D eigenvalue weighted by Crippen LogP contribution is 2.25. The largest absolute Gasteiger partial charge is 0.280 e. The zero-order valence-electron chi connectivity index (χ0n) is 16.0. The summed E-state index contributed by atoms with van der Waals surface area (Å²) in [4.78, 5) is -0.662. The van der Waals surface area contributed by atoms with Gasteiger partial charge in [0.2, 0.25) is 0 Å². The van der Waals surface area contributed by atoms with Gasteiger partial charge in [-0.05, 0) is 67.4 Å². The minimum atomic E-state index is -4.27. The Kier molecular flexibility index (Phi) is 5.82. The van der Waals surface area contributed by atoms with Crippen molar-refractivity contribution in [3.05, 3.63) is 83.4 Å². The Bertz CT molecular complexity index is 1320. The molecule has 10 heteroatoms. The third-order valence-corrected chi connectivity index (χ3v) is 6.98. The maximum Gasteiger partial charge on any atom is 0.262 e. The van der Waals surface area contributed by atoms with Crippen LogP contribution in [0.2, 0.25) is 0 Å². The van der Waals surface area contributed by atoms with Gasteiger partial charge in [0, 0.05) is 5.69 Å². The molecule has 0 fully saturated rings. The Hall–Kier alpha value is -2.98. The third-order valence-electron chi connectivity index (χ3n) is 4.24. The van der Waals surface area contributed by atoms with Crippen LogP contribution in [0.1, 0.15) is 11.1 Å². The number of hydrogen-bond acceptors (Lipinski definition) is 4. The number of anilines is 2. The van der Waals surface area contributed by atoms with Crippen molar-refractivity contribution in [3.8, 4) is 0 Å².